The van der Waals surface area contributed by atoms with Gasteiger partial charge in [-0.15, -0.1) is 0 Å². The van der Waals surface area contributed by atoms with Crippen LogP contribution >= 0.6 is 0 Å². The molecule has 1 heterocycles. The Morgan fingerprint density at radius 1 is 1.42 bits per heavy atom. The molecule has 2 rings (SSSR count). The van der Waals surface area contributed by atoms with Crippen molar-refractivity contribution in [3.8, 4) is 5.75 Å². The van der Waals surface area contributed by atoms with Crippen LogP contribution in [0, 0.1) is 5.82 Å². The summed E-state index contributed by atoms with van der Waals surface area (Å²) >= 11 is 0. The van der Waals surface area contributed by atoms with Crippen molar-refractivity contribution >= 4 is 5.91 Å². The van der Waals surface area contributed by atoms with E-state index in [4.69, 9.17) is 0 Å². The minimum absolute atomic E-state index is 0.0847. The number of hydrogen-bond donors (Lipinski definition) is 2. The van der Waals surface area contributed by atoms with Crippen molar-refractivity contribution in [3.05, 3.63) is 29.6 Å². The highest BCUT2D eigenvalue weighted by Crippen LogP contribution is 2.23. The molecule has 0 aromatic heterocycles. The zero-order valence-electron chi connectivity index (χ0n) is 11.0. The monoisotopic (exact) mass is 266 g/mol. The van der Waals surface area contributed by atoms with Crippen molar-refractivity contribution in [3.63, 3.8) is 0 Å². The summed E-state index contributed by atoms with van der Waals surface area (Å²) in [7, 11) is 1.67. The number of benzene rings is 1. The molecule has 0 spiro atoms. The van der Waals surface area contributed by atoms with Gasteiger partial charge >= 0.3 is 0 Å². The van der Waals surface area contributed by atoms with E-state index in [0.717, 1.165) is 32.4 Å². The summed E-state index contributed by atoms with van der Waals surface area (Å²) in [6.07, 6.45) is 2.73. The lowest BCUT2D eigenvalue weighted by molar-refractivity contribution is 0.0712. The molecule has 0 bridgehead atoms. The first-order valence-corrected chi connectivity index (χ1v) is 6.56. The smallest absolute Gasteiger partial charge is 0.260 e. The van der Waals surface area contributed by atoms with Gasteiger partial charge < -0.3 is 15.3 Å². The third kappa shape index (κ3) is 3.04. The molecule has 0 radical (unpaired) electrons. The molecule has 1 aromatic rings. The van der Waals surface area contributed by atoms with E-state index in [1.165, 1.54) is 18.2 Å². The van der Waals surface area contributed by atoms with Gasteiger partial charge in [-0.05, 0) is 44.5 Å². The van der Waals surface area contributed by atoms with Gasteiger partial charge in [0.15, 0.2) is 0 Å². The molecule has 1 aliphatic heterocycles. The molecule has 1 amide bonds. The van der Waals surface area contributed by atoms with Gasteiger partial charge in [-0.2, -0.15) is 0 Å². The fourth-order valence-corrected chi connectivity index (χ4v) is 2.45. The van der Waals surface area contributed by atoms with Gasteiger partial charge in [0, 0.05) is 13.1 Å². The lowest BCUT2D eigenvalue weighted by Gasteiger charge is -2.27. The van der Waals surface area contributed by atoms with Crippen molar-refractivity contribution in [1.82, 2.24) is 10.2 Å². The fraction of sp³-hybridized carbons (Fsp3) is 0.500. The average Bonchev–Trinajstić information content (AvgIpc) is 2.66. The maximum absolute atomic E-state index is 13.7. The van der Waals surface area contributed by atoms with Gasteiger partial charge in [-0.1, -0.05) is 6.07 Å². The first kappa shape index (κ1) is 13.8. The van der Waals surface area contributed by atoms with Crippen molar-refractivity contribution in [2.24, 2.45) is 0 Å². The number of aromatic hydroxyl groups is 1. The summed E-state index contributed by atoms with van der Waals surface area (Å²) < 4.78 is 13.7. The standard InChI is InChI=1S/C14H19FN2O2/c1-17(10-4-3-8-16-9-7-10)14(19)13-11(15)5-2-6-12(13)18/h2,5-6,10,16,18H,3-4,7-9H2,1H3. The summed E-state index contributed by atoms with van der Waals surface area (Å²) in [6, 6.07) is 3.99. The molecule has 1 saturated heterocycles. The lowest BCUT2D eigenvalue weighted by Crippen LogP contribution is -2.38. The molecule has 4 nitrogen and oxygen atoms in total. The minimum atomic E-state index is -0.677. The molecule has 0 saturated carbocycles. The Balaban J connectivity index is 2.18. The largest absolute Gasteiger partial charge is 0.507 e. The van der Waals surface area contributed by atoms with Crippen LogP contribution in [0.25, 0.3) is 0 Å². The zero-order valence-corrected chi connectivity index (χ0v) is 11.0. The summed E-state index contributed by atoms with van der Waals surface area (Å²) in [5.41, 5.74) is -0.234. The Bertz CT molecular complexity index is 437. The third-order valence-electron chi connectivity index (χ3n) is 3.62. The first-order chi connectivity index (χ1) is 9.11. The highest BCUT2D eigenvalue weighted by Gasteiger charge is 2.26. The molecular formula is C14H19FN2O2. The summed E-state index contributed by atoms with van der Waals surface area (Å²) in [4.78, 5) is 13.9. The van der Waals surface area contributed by atoms with Gasteiger partial charge in [-0.3, -0.25) is 4.79 Å². The molecule has 19 heavy (non-hydrogen) atoms. The van der Waals surface area contributed by atoms with Gasteiger partial charge in [0.1, 0.15) is 17.1 Å². The maximum atomic E-state index is 13.7. The number of hydrogen-bond acceptors (Lipinski definition) is 3. The molecule has 1 unspecified atom stereocenters. The maximum Gasteiger partial charge on any atom is 0.260 e. The molecule has 2 N–H and O–H groups in total. The fourth-order valence-electron chi connectivity index (χ4n) is 2.45. The zero-order chi connectivity index (χ0) is 13.8. The van der Waals surface area contributed by atoms with E-state index in [1.54, 1.807) is 11.9 Å². The van der Waals surface area contributed by atoms with Crippen LogP contribution in [0.4, 0.5) is 4.39 Å². The van der Waals surface area contributed by atoms with Crippen molar-refractivity contribution in [2.75, 3.05) is 20.1 Å². The minimum Gasteiger partial charge on any atom is -0.507 e. The van der Waals surface area contributed by atoms with Gasteiger partial charge in [0.05, 0.1) is 0 Å². The van der Waals surface area contributed by atoms with Crippen molar-refractivity contribution < 1.29 is 14.3 Å². The Morgan fingerprint density at radius 2 is 2.21 bits per heavy atom. The number of carbonyl (C=O) groups excluding carboxylic acids is 1. The Hall–Kier alpha value is -1.62. The number of amides is 1. The molecule has 1 aliphatic rings. The van der Waals surface area contributed by atoms with Crippen LogP contribution in [-0.2, 0) is 0 Å². The van der Waals surface area contributed by atoms with Crippen LogP contribution in [0.5, 0.6) is 5.75 Å². The quantitative estimate of drug-likeness (QED) is 0.857. The molecule has 1 aromatic carbocycles. The second-order valence-corrected chi connectivity index (χ2v) is 4.88. The predicted molar refractivity (Wildman–Crippen MR) is 70.7 cm³/mol. The van der Waals surface area contributed by atoms with Gasteiger partial charge in [-0.25, -0.2) is 4.39 Å². The first-order valence-electron chi connectivity index (χ1n) is 6.56. The highest BCUT2D eigenvalue weighted by molar-refractivity contribution is 5.97. The Morgan fingerprint density at radius 3 is 2.95 bits per heavy atom. The number of phenolic OH excluding ortho intramolecular Hbond substituents is 1. The van der Waals surface area contributed by atoms with E-state index in [-0.39, 0.29) is 17.4 Å². The number of nitrogens with one attached hydrogen (secondary N) is 1. The van der Waals surface area contributed by atoms with Crippen molar-refractivity contribution in [1.29, 1.82) is 0 Å². The van der Waals surface area contributed by atoms with Crippen LogP contribution in [-0.4, -0.2) is 42.1 Å². The number of nitrogens with zero attached hydrogens (tertiary/aromatic N) is 1. The molecule has 104 valence electrons. The lowest BCUT2D eigenvalue weighted by atomic mass is 10.1. The molecule has 5 heteroatoms. The van der Waals surface area contributed by atoms with Crippen LogP contribution < -0.4 is 5.32 Å². The summed E-state index contributed by atoms with van der Waals surface area (Å²) in [6.45, 7) is 1.80. The Labute approximate surface area is 112 Å². The molecular weight excluding hydrogens is 247 g/mol. The second kappa shape index (κ2) is 6.02. The van der Waals surface area contributed by atoms with Crippen LogP contribution in [0.15, 0.2) is 18.2 Å². The number of carbonyl (C=O) groups is 1. The third-order valence-corrected chi connectivity index (χ3v) is 3.62. The summed E-state index contributed by atoms with van der Waals surface area (Å²) in [5.74, 6) is -1.44. The number of halogens is 1. The number of phenols is 1. The molecule has 1 fully saturated rings. The van der Waals surface area contributed by atoms with Gasteiger partial charge in [0.25, 0.3) is 5.91 Å². The van der Waals surface area contributed by atoms with E-state index in [0.29, 0.717) is 0 Å². The SMILES string of the molecule is CN(C(=O)c1c(O)cccc1F)C1CCCNCC1. The van der Waals surface area contributed by atoms with Crippen LogP contribution in [0.3, 0.4) is 0 Å². The molecule has 0 aliphatic carbocycles. The van der Waals surface area contributed by atoms with Gasteiger partial charge in [0.2, 0.25) is 0 Å². The van der Waals surface area contributed by atoms with Crippen molar-refractivity contribution in [2.45, 2.75) is 25.3 Å². The van der Waals surface area contributed by atoms with Crippen LogP contribution in [0.1, 0.15) is 29.6 Å². The normalized spacial score (nSPS) is 19.8. The second-order valence-electron chi connectivity index (χ2n) is 4.88. The van der Waals surface area contributed by atoms with E-state index in [2.05, 4.69) is 5.32 Å². The Kier molecular flexibility index (Phi) is 4.37. The number of rotatable bonds is 2. The van der Waals surface area contributed by atoms with E-state index < -0.39 is 11.7 Å². The van der Waals surface area contributed by atoms with Crippen LogP contribution in [0.2, 0.25) is 0 Å². The van der Waals surface area contributed by atoms with E-state index in [1.807, 2.05) is 0 Å². The topological polar surface area (TPSA) is 52.6 Å². The highest BCUT2D eigenvalue weighted by atomic mass is 19.1. The molecule has 1 atom stereocenters. The summed E-state index contributed by atoms with van der Waals surface area (Å²) in [5, 5.41) is 12.9. The predicted octanol–water partition coefficient (Wildman–Crippen LogP) is 1.75. The van der Waals surface area contributed by atoms with E-state index >= 15 is 0 Å². The average molecular weight is 266 g/mol. The van der Waals surface area contributed by atoms with E-state index in [9.17, 15) is 14.3 Å².